The number of hydrogen-bond acceptors (Lipinski definition) is 3. The van der Waals surface area contributed by atoms with Gasteiger partial charge in [-0.3, -0.25) is 0 Å². The van der Waals surface area contributed by atoms with E-state index in [1.54, 1.807) is 12.1 Å². The largest absolute Gasteiger partial charge is 0.489 e. The SMILES string of the molecule is CC1(C)CC1CNS(=O)(=O)CCOc1ccccc1F. The molecule has 1 aromatic rings. The molecule has 1 aliphatic rings. The Morgan fingerprint density at radius 1 is 1.40 bits per heavy atom. The molecule has 2 rings (SSSR count). The fourth-order valence-electron chi connectivity index (χ4n) is 2.05. The van der Waals surface area contributed by atoms with Crippen molar-refractivity contribution in [3.8, 4) is 5.75 Å². The van der Waals surface area contributed by atoms with Crippen LogP contribution in [-0.2, 0) is 10.0 Å². The molecular formula is C14H20FNO3S. The number of halogens is 1. The van der Waals surface area contributed by atoms with Crippen molar-refractivity contribution in [2.45, 2.75) is 20.3 Å². The van der Waals surface area contributed by atoms with E-state index in [0.717, 1.165) is 6.42 Å². The summed E-state index contributed by atoms with van der Waals surface area (Å²) in [6, 6.07) is 5.94. The molecule has 112 valence electrons. The monoisotopic (exact) mass is 301 g/mol. The van der Waals surface area contributed by atoms with Crippen LogP contribution in [-0.4, -0.2) is 27.3 Å². The summed E-state index contributed by atoms with van der Waals surface area (Å²) in [6.07, 6.45) is 1.04. The zero-order valence-electron chi connectivity index (χ0n) is 11.7. The molecule has 1 aliphatic carbocycles. The number of para-hydroxylation sites is 1. The minimum Gasteiger partial charge on any atom is -0.489 e. The second kappa shape index (κ2) is 5.69. The van der Waals surface area contributed by atoms with Crippen LogP contribution in [0.5, 0.6) is 5.75 Å². The van der Waals surface area contributed by atoms with E-state index < -0.39 is 15.8 Å². The van der Waals surface area contributed by atoms with Gasteiger partial charge in [-0.2, -0.15) is 0 Å². The second-order valence-corrected chi connectivity index (χ2v) is 7.76. The third-order valence-corrected chi connectivity index (χ3v) is 5.02. The van der Waals surface area contributed by atoms with E-state index in [2.05, 4.69) is 18.6 Å². The summed E-state index contributed by atoms with van der Waals surface area (Å²) in [5.74, 6) is -0.178. The first-order valence-corrected chi connectivity index (χ1v) is 8.30. The fraction of sp³-hybridized carbons (Fsp3) is 0.571. The van der Waals surface area contributed by atoms with Crippen molar-refractivity contribution < 1.29 is 17.5 Å². The first-order valence-electron chi connectivity index (χ1n) is 6.65. The molecule has 0 saturated heterocycles. The summed E-state index contributed by atoms with van der Waals surface area (Å²) in [5.41, 5.74) is 0.242. The second-order valence-electron chi connectivity index (χ2n) is 5.84. The molecule has 0 amide bonds. The average Bonchev–Trinajstić information content (AvgIpc) is 2.97. The highest BCUT2D eigenvalue weighted by Crippen LogP contribution is 2.51. The molecule has 6 heteroatoms. The molecule has 0 heterocycles. The Balaban J connectivity index is 1.74. The van der Waals surface area contributed by atoms with Crippen LogP contribution in [0.15, 0.2) is 24.3 Å². The van der Waals surface area contributed by atoms with Crippen molar-refractivity contribution >= 4 is 10.0 Å². The number of benzene rings is 1. The lowest BCUT2D eigenvalue weighted by Gasteiger charge is -2.09. The van der Waals surface area contributed by atoms with Crippen LogP contribution >= 0.6 is 0 Å². The van der Waals surface area contributed by atoms with E-state index in [9.17, 15) is 12.8 Å². The van der Waals surface area contributed by atoms with Crippen LogP contribution in [0.25, 0.3) is 0 Å². The maximum atomic E-state index is 13.3. The van der Waals surface area contributed by atoms with Crippen LogP contribution < -0.4 is 9.46 Å². The van der Waals surface area contributed by atoms with E-state index in [-0.39, 0.29) is 23.5 Å². The Labute approximate surface area is 119 Å². The number of nitrogens with one attached hydrogen (secondary N) is 1. The molecule has 20 heavy (non-hydrogen) atoms. The zero-order valence-corrected chi connectivity index (χ0v) is 12.5. The highest BCUT2D eigenvalue weighted by Gasteiger charge is 2.45. The van der Waals surface area contributed by atoms with Crippen LogP contribution in [0.4, 0.5) is 4.39 Å². The molecule has 1 fully saturated rings. The van der Waals surface area contributed by atoms with Gasteiger partial charge in [0.25, 0.3) is 0 Å². The molecule has 0 aromatic heterocycles. The Morgan fingerprint density at radius 2 is 2.05 bits per heavy atom. The highest BCUT2D eigenvalue weighted by atomic mass is 32.2. The van der Waals surface area contributed by atoms with Crippen LogP contribution in [0.2, 0.25) is 0 Å². The standard InChI is InChI=1S/C14H20FNO3S/c1-14(2)9-11(14)10-16-20(17,18)8-7-19-13-6-4-3-5-12(13)15/h3-6,11,16H,7-10H2,1-2H3. The zero-order chi connectivity index (χ0) is 14.8. The van der Waals surface area contributed by atoms with Crippen molar-refractivity contribution in [2.24, 2.45) is 11.3 Å². The number of rotatable bonds is 7. The van der Waals surface area contributed by atoms with Crippen LogP contribution in [0.3, 0.4) is 0 Å². The normalized spacial score (nSPS) is 20.6. The van der Waals surface area contributed by atoms with Crippen molar-refractivity contribution in [3.63, 3.8) is 0 Å². The fourth-order valence-corrected chi connectivity index (χ4v) is 2.95. The molecule has 0 spiro atoms. The topological polar surface area (TPSA) is 55.4 Å². The molecule has 0 aliphatic heterocycles. The van der Waals surface area contributed by atoms with Crippen LogP contribution in [0.1, 0.15) is 20.3 Å². The quantitative estimate of drug-likeness (QED) is 0.840. The maximum absolute atomic E-state index is 13.3. The van der Waals surface area contributed by atoms with Gasteiger partial charge in [-0.25, -0.2) is 17.5 Å². The van der Waals surface area contributed by atoms with E-state index >= 15 is 0 Å². The molecule has 0 radical (unpaired) electrons. The molecule has 1 aromatic carbocycles. The van der Waals surface area contributed by atoms with Gasteiger partial charge in [0.15, 0.2) is 11.6 Å². The van der Waals surface area contributed by atoms with Gasteiger partial charge in [0.1, 0.15) is 6.61 Å². The van der Waals surface area contributed by atoms with Crippen molar-refractivity contribution in [1.29, 1.82) is 0 Å². The lowest BCUT2D eigenvalue weighted by Crippen LogP contribution is -2.31. The Morgan fingerprint density at radius 3 is 2.65 bits per heavy atom. The van der Waals surface area contributed by atoms with E-state index in [0.29, 0.717) is 12.5 Å². The summed E-state index contributed by atoms with van der Waals surface area (Å²) in [6.45, 7) is 4.64. The minimum atomic E-state index is -3.37. The van der Waals surface area contributed by atoms with Gasteiger partial charge < -0.3 is 4.74 Å². The van der Waals surface area contributed by atoms with Gasteiger partial charge in [-0.05, 0) is 29.9 Å². The third-order valence-electron chi connectivity index (χ3n) is 3.71. The van der Waals surface area contributed by atoms with Gasteiger partial charge in [-0.15, -0.1) is 0 Å². The Kier molecular flexibility index (Phi) is 4.34. The van der Waals surface area contributed by atoms with Gasteiger partial charge in [0, 0.05) is 6.54 Å². The third kappa shape index (κ3) is 4.18. The van der Waals surface area contributed by atoms with E-state index in [1.807, 2.05) is 0 Å². The van der Waals surface area contributed by atoms with Crippen molar-refractivity contribution in [2.75, 3.05) is 18.9 Å². The highest BCUT2D eigenvalue weighted by molar-refractivity contribution is 7.89. The lowest BCUT2D eigenvalue weighted by atomic mass is 10.1. The lowest BCUT2D eigenvalue weighted by molar-refractivity contribution is 0.322. The van der Waals surface area contributed by atoms with Gasteiger partial charge in [-0.1, -0.05) is 26.0 Å². The predicted molar refractivity (Wildman–Crippen MR) is 75.6 cm³/mol. The first-order chi connectivity index (χ1) is 9.30. The average molecular weight is 301 g/mol. The predicted octanol–water partition coefficient (Wildman–Crippen LogP) is 2.17. The molecule has 1 atom stereocenters. The molecule has 1 unspecified atom stereocenters. The number of sulfonamides is 1. The molecule has 0 bridgehead atoms. The molecule has 1 N–H and O–H groups in total. The van der Waals surface area contributed by atoms with Gasteiger partial charge in [0.2, 0.25) is 10.0 Å². The summed E-state index contributed by atoms with van der Waals surface area (Å²) in [7, 11) is -3.37. The first kappa shape index (κ1) is 15.3. The van der Waals surface area contributed by atoms with Crippen molar-refractivity contribution in [1.82, 2.24) is 4.72 Å². The van der Waals surface area contributed by atoms with Gasteiger partial charge in [0.05, 0.1) is 5.75 Å². The van der Waals surface area contributed by atoms with Crippen LogP contribution in [0, 0.1) is 17.2 Å². The van der Waals surface area contributed by atoms with Gasteiger partial charge >= 0.3 is 0 Å². The summed E-state index contributed by atoms with van der Waals surface area (Å²) in [4.78, 5) is 0. The van der Waals surface area contributed by atoms with E-state index in [1.165, 1.54) is 12.1 Å². The maximum Gasteiger partial charge on any atom is 0.214 e. The summed E-state index contributed by atoms with van der Waals surface area (Å²) < 4.78 is 44.5. The van der Waals surface area contributed by atoms with Crippen molar-refractivity contribution in [3.05, 3.63) is 30.1 Å². The number of hydrogen-bond donors (Lipinski definition) is 1. The Bertz CT molecular complexity index is 572. The van der Waals surface area contributed by atoms with E-state index in [4.69, 9.17) is 4.74 Å². The molecule has 1 saturated carbocycles. The Hall–Kier alpha value is -1.14. The molecular weight excluding hydrogens is 281 g/mol. The minimum absolute atomic E-state index is 0.0652. The molecule has 4 nitrogen and oxygen atoms in total. The summed E-state index contributed by atoms with van der Waals surface area (Å²) in [5, 5.41) is 0. The summed E-state index contributed by atoms with van der Waals surface area (Å²) >= 11 is 0. The smallest absolute Gasteiger partial charge is 0.214 e. The number of ether oxygens (including phenoxy) is 1.